The third-order valence-electron chi connectivity index (χ3n) is 3.66. The number of carbonyl (C=O) groups excluding carboxylic acids is 2. The zero-order valence-corrected chi connectivity index (χ0v) is 14.7. The van der Waals surface area contributed by atoms with E-state index in [1.54, 1.807) is 24.3 Å². The van der Waals surface area contributed by atoms with Crippen LogP contribution in [0, 0.1) is 5.82 Å². The summed E-state index contributed by atoms with van der Waals surface area (Å²) in [5.41, 5.74) is 0.918. The van der Waals surface area contributed by atoms with E-state index in [0.29, 0.717) is 5.75 Å². The molecule has 0 fully saturated rings. The number of esters is 1. The number of methoxy groups -OCH3 is 2. The molecule has 1 amide bonds. The first-order chi connectivity index (χ1) is 12.4. The van der Waals surface area contributed by atoms with Crippen LogP contribution in [0.15, 0.2) is 42.5 Å². The van der Waals surface area contributed by atoms with Crippen molar-refractivity contribution in [3.63, 3.8) is 0 Å². The van der Waals surface area contributed by atoms with Gasteiger partial charge in [-0.3, -0.25) is 4.79 Å². The van der Waals surface area contributed by atoms with Gasteiger partial charge in [-0.25, -0.2) is 9.18 Å². The Morgan fingerprint density at radius 3 is 2.38 bits per heavy atom. The van der Waals surface area contributed by atoms with Crippen LogP contribution in [0.2, 0.25) is 0 Å². The van der Waals surface area contributed by atoms with Crippen molar-refractivity contribution in [2.24, 2.45) is 0 Å². The van der Waals surface area contributed by atoms with Crippen LogP contribution in [0.25, 0.3) is 0 Å². The molecular formula is C19H20FNO5. The third kappa shape index (κ3) is 4.95. The molecule has 0 spiro atoms. The maximum absolute atomic E-state index is 12.9. The molecule has 0 heterocycles. The van der Waals surface area contributed by atoms with Gasteiger partial charge in [0, 0.05) is 12.6 Å². The van der Waals surface area contributed by atoms with Gasteiger partial charge in [-0.1, -0.05) is 12.1 Å². The van der Waals surface area contributed by atoms with Crippen molar-refractivity contribution in [1.29, 1.82) is 0 Å². The molecule has 7 heteroatoms. The van der Waals surface area contributed by atoms with Gasteiger partial charge in [0.2, 0.25) is 0 Å². The maximum atomic E-state index is 12.9. The van der Waals surface area contributed by atoms with Gasteiger partial charge in [0.25, 0.3) is 5.91 Å². The topological polar surface area (TPSA) is 73.9 Å². The predicted octanol–water partition coefficient (Wildman–Crippen LogP) is 2.70. The summed E-state index contributed by atoms with van der Waals surface area (Å²) in [4.78, 5) is 24.4. The fourth-order valence-electron chi connectivity index (χ4n) is 2.18. The van der Waals surface area contributed by atoms with Gasteiger partial charge in [0.1, 0.15) is 22.9 Å². The average Bonchev–Trinajstić information content (AvgIpc) is 2.66. The Morgan fingerprint density at radius 1 is 1.08 bits per heavy atom. The lowest BCUT2D eigenvalue weighted by Gasteiger charge is -2.15. The van der Waals surface area contributed by atoms with E-state index in [9.17, 15) is 14.0 Å². The molecule has 0 saturated heterocycles. The minimum absolute atomic E-state index is 0.187. The average molecular weight is 361 g/mol. The van der Waals surface area contributed by atoms with Crippen molar-refractivity contribution in [2.75, 3.05) is 14.2 Å². The number of nitrogens with one attached hydrogen (secondary N) is 1. The van der Waals surface area contributed by atoms with Crippen molar-refractivity contribution in [3.8, 4) is 11.5 Å². The van der Waals surface area contributed by atoms with E-state index in [4.69, 9.17) is 14.2 Å². The molecule has 26 heavy (non-hydrogen) atoms. The van der Waals surface area contributed by atoms with Crippen LogP contribution in [-0.2, 0) is 16.1 Å². The Bertz CT molecular complexity index is 776. The highest BCUT2D eigenvalue weighted by molar-refractivity contribution is 5.94. The summed E-state index contributed by atoms with van der Waals surface area (Å²) in [6.07, 6.45) is -1.00. The van der Waals surface area contributed by atoms with Crippen LogP contribution >= 0.6 is 0 Å². The lowest BCUT2D eigenvalue weighted by Crippen LogP contribution is -2.35. The number of rotatable bonds is 7. The Hall–Kier alpha value is -3.09. The Kier molecular flexibility index (Phi) is 6.54. The summed E-state index contributed by atoms with van der Waals surface area (Å²) in [7, 11) is 2.92. The second-order valence-corrected chi connectivity index (χ2v) is 5.46. The van der Waals surface area contributed by atoms with Gasteiger partial charge in [-0.05, 0) is 36.8 Å². The Balaban J connectivity index is 1.95. The molecule has 6 nitrogen and oxygen atoms in total. The number of ether oxygens (including phenoxy) is 3. The van der Waals surface area contributed by atoms with Crippen molar-refractivity contribution < 1.29 is 28.2 Å². The van der Waals surface area contributed by atoms with Gasteiger partial charge in [-0.2, -0.15) is 0 Å². The quantitative estimate of drug-likeness (QED) is 0.768. The summed E-state index contributed by atoms with van der Waals surface area (Å²) in [6.45, 7) is 1.67. The molecule has 0 aliphatic heterocycles. The molecular weight excluding hydrogens is 341 g/mol. The third-order valence-corrected chi connectivity index (χ3v) is 3.66. The van der Waals surface area contributed by atoms with Gasteiger partial charge < -0.3 is 19.5 Å². The van der Waals surface area contributed by atoms with E-state index < -0.39 is 18.0 Å². The first kappa shape index (κ1) is 19.2. The largest absolute Gasteiger partial charge is 0.497 e. The van der Waals surface area contributed by atoms with Crippen molar-refractivity contribution in [1.82, 2.24) is 5.32 Å². The van der Waals surface area contributed by atoms with Crippen LogP contribution in [0.3, 0.4) is 0 Å². The van der Waals surface area contributed by atoms with Gasteiger partial charge in [-0.15, -0.1) is 0 Å². The van der Waals surface area contributed by atoms with Crippen molar-refractivity contribution >= 4 is 11.9 Å². The van der Waals surface area contributed by atoms with Gasteiger partial charge in [0.15, 0.2) is 6.10 Å². The van der Waals surface area contributed by atoms with Gasteiger partial charge in [0.05, 0.1) is 14.2 Å². The summed E-state index contributed by atoms with van der Waals surface area (Å²) >= 11 is 0. The number of benzene rings is 2. The summed E-state index contributed by atoms with van der Waals surface area (Å²) in [6, 6.07) is 10.4. The summed E-state index contributed by atoms with van der Waals surface area (Å²) in [5.74, 6) is -0.684. The lowest BCUT2D eigenvalue weighted by molar-refractivity contribution is -0.129. The van der Waals surface area contributed by atoms with E-state index in [-0.39, 0.29) is 23.7 Å². The van der Waals surface area contributed by atoms with Gasteiger partial charge >= 0.3 is 5.97 Å². The zero-order chi connectivity index (χ0) is 19.1. The van der Waals surface area contributed by atoms with Crippen LogP contribution in [0.1, 0.15) is 22.8 Å². The van der Waals surface area contributed by atoms with E-state index in [1.165, 1.54) is 39.3 Å². The highest BCUT2D eigenvalue weighted by Gasteiger charge is 2.21. The van der Waals surface area contributed by atoms with E-state index in [2.05, 4.69) is 5.32 Å². The number of halogens is 1. The Morgan fingerprint density at radius 2 is 1.77 bits per heavy atom. The van der Waals surface area contributed by atoms with Crippen LogP contribution in [-0.4, -0.2) is 32.2 Å². The number of amides is 1. The molecule has 0 saturated carbocycles. The predicted molar refractivity (Wildman–Crippen MR) is 92.7 cm³/mol. The first-order valence-corrected chi connectivity index (χ1v) is 7.89. The van der Waals surface area contributed by atoms with E-state index in [1.807, 2.05) is 0 Å². The second-order valence-electron chi connectivity index (χ2n) is 5.46. The van der Waals surface area contributed by atoms with Crippen LogP contribution in [0.5, 0.6) is 11.5 Å². The molecule has 0 aromatic heterocycles. The maximum Gasteiger partial charge on any atom is 0.342 e. The number of hydrogen-bond acceptors (Lipinski definition) is 5. The SMILES string of the molecule is COc1ccc(C(=O)OC(C)C(=O)NCc2ccc(F)cc2)c(OC)c1. The smallest absolute Gasteiger partial charge is 0.342 e. The van der Waals surface area contributed by atoms with E-state index >= 15 is 0 Å². The molecule has 0 bridgehead atoms. The lowest BCUT2D eigenvalue weighted by atomic mass is 10.2. The minimum atomic E-state index is -1.00. The molecule has 1 unspecified atom stereocenters. The van der Waals surface area contributed by atoms with Crippen molar-refractivity contribution in [2.45, 2.75) is 19.6 Å². The molecule has 2 aromatic carbocycles. The standard InChI is InChI=1S/C19H20FNO5/c1-12(18(22)21-11-13-4-6-14(20)7-5-13)26-19(23)16-9-8-15(24-2)10-17(16)25-3/h4-10,12H,11H2,1-3H3,(H,21,22). The monoisotopic (exact) mass is 361 g/mol. The highest BCUT2D eigenvalue weighted by Crippen LogP contribution is 2.25. The summed E-state index contributed by atoms with van der Waals surface area (Å²) < 4.78 is 28.3. The van der Waals surface area contributed by atoms with E-state index in [0.717, 1.165) is 5.56 Å². The molecule has 0 aliphatic carbocycles. The molecule has 138 valence electrons. The highest BCUT2D eigenvalue weighted by atomic mass is 19.1. The fraction of sp³-hybridized carbons (Fsp3) is 0.263. The second kappa shape index (κ2) is 8.84. The van der Waals surface area contributed by atoms with Crippen molar-refractivity contribution in [3.05, 3.63) is 59.4 Å². The Labute approximate surface area is 150 Å². The number of hydrogen-bond donors (Lipinski definition) is 1. The molecule has 0 radical (unpaired) electrons. The van der Waals surface area contributed by atoms with Crippen LogP contribution < -0.4 is 14.8 Å². The fourth-order valence-corrected chi connectivity index (χ4v) is 2.18. The summed E-state index contributed by atoms with van der Waals surface area (Å²) in [5, 5.41) is 2.63. The molecule has 0 aliphatic rings. The van der Waals surface area contributed by atoms with Crippen LogP contribution in [0.4, 0.5) is 4.39 Å². The first-order valence-electron chi connectivity index (χ1n) is 7.89. The molecule has 2 rings (SSSR count). The minimum Gasteiger partial charge on any atom is -0.497 e. The number of carbonyl (C=O) groups is 2. The molecule has 1 atom stereocenters. The zero-order valence-electron chi connectivity index (χ0n) is 14.7. The molecule has 2 aromatic rings. The normalized spacial score (nSPS) is 11.4. The molecule has 1 N–H and O–H groups in total.